The van der Waals surface area contributed by atoms with Crippen molar-refractivity contribution < 1.29 is 18.9 Å². The Hall–Kier alpha value is -0.940. The maximum atomic E-state index is 6.07. The summed E-state index contributed by atoms with van der Waals surface area (Å²) in [5.41, 5.74) is 2.70. The number of hydrogen-bond donors (Lipinski definition) is 0. The number of ether oxygens (including phenoxy) is 4. The number of rotatable bonds is 4. The predicted molar refractivity (Wildman–Crippen MR) is 83.7 cm³/mol. The highest BCUT2D eigenvalue weighted by atomic mass is 16.7. The van der Waals surface area contributed by atoms with E-state index in [0.717, 1.165) is 6.42 Å². The van der Waals surface area contributed by atoms with Crippen molar-refractivity contribution in [2.45, 2.75) is 63.8 Å². The van der Waals surface area contributed by atoms with Crippen LogP contribution in [0.2, 0.25) is 0 Å². The van der Waals surface area contributed by atoms with Crippen molar-refractivity contribution in [3.63, 3.8) is 0 Å². The molecule has 0 N–H and O–H groups in total. The molecule has 4 nitrogen and oxygen atoms in total. The summed E-state index contributed by atoms with van der Waals surface area (Å²) in [4.78, 5) is 0. The van der Waals surface area contributed by atoms with Crippen LogP contribution >= 0.6 is 0 Å². The van der Waals surface area contributed by atoms with Gasteiger partial charge >= 0.3 is 0 Å². The standard InChI is InChI=1S/C18H26O4/c1-18(2,3)13-7-5-12(6-8-13)10-20-14-9-15(19-4)17-21-11-16(14)22-17/h5-8,14-17H,9-11H2,1-4H3/t14-,15+,16+,17+/m0/s1. The summed E-state index contributed by atoms with van der Waals surface area (Å²) in [6, 6.07) is 8.66. The van der Waals surface area contributed by atoms with Crippen LogP contribution in [-0.2, 0) is 31.0 Å². The molecule has 0 amide bonds. The van der Waals surface area contributed by atoms with Crippen molar-refractivity contribution in [3.8, 4) is 0 Å². The van der Waals surface area contributed by atoms with Gasteiger partial charge in [0.2, 0.25) is 0 Å². The topological polar surface area (TPSA) is 36.9 Å². The highest BCUT2D eigenvalue weighted by Gasteiger charge is 2.44. The van der Waals surface area contributed by atoms with E-state index in [1.54, 1.807) is 7.11 Å². The van der Waals surface area contributed by atoms with E-state index < -0.39 is 0 Å². The molecule has 0 saturated carbocycles. The summed E-state index contributed by atoms with van der Waals surface area (Å²) >= 11 is 0. The summed E-state index contributed by atoms with van der Waals surface area (Å²) in [5, 5.41) is 0. The van der Waals surface area contributed by atoms with E-state index in [4.69, 9.17) is 18.9 Å². The molecule has 0 spiro atoms. The molecule has 1 aromatic rings. The zero-order chi connectivity index (χ0) is 15.7. The van der Waals surface area contributed by atoms with E-state index >= 15 is 0 Å². The third-order valence-electron chi connectivity index (χ3n) is 4.50. The summed E-state index contributed by atoms with van der Waals surface area (Å²) in [5.74, 6) is 0. The van der Waals surface area contributed by atoms with Gasteiger partial charge in [0.25, 0.3) is 0 Å². The minimum Gasteiger partial charge on any atom is -0.376 e. The third-order valence-corrected chi connectivity index (χ3v) is 4.50. The fourth-order valence-corrected chi connectivity index (χ4v) is 3.01. The van der Waals surface area contributed by atoms with E-state index in [1.807, 2.05) is 0 Å². The van der Waals surface area contributed by atoms with Crippen LogP contribution in [0.1, 0.15) is 38.3 Å². The Morgan fingerprint density at radius 3 is 2.50 bits per heavy atom. The largest absolute Gasteiger partial charge is 0.376 e. The molecule has 2 aliphatic heterocycles. The van der Waals surface area contributed by atoms with Crippen LogP contribution in [0.5, 0.6) is 0 Å². The molecule has 0 aromatic heterocycles. The monoisotopic (exact) mass is 306 g/mol. The second-order valence-corrected chi connectivity index (χ2v) is 7.18. The Balaban J connectivity index is 1.58. The summed E-state index contributed by atoms with van der Waals surface area (Å²) in [7, 11) is 1.69. The number of hydrogen-bond acceptors (Lipinski definition) is 4. The molecule has 2 bridgehead atoms. The lowest BCUT2D eigenvalue weighted by molar-refractivity contribution is -0.200. The van der Waals surface area contributed by atoms with Crippen molar-refractivity contribution in [1.82, 2.24) is 0 Å². The number of methoxy groups -OCH3 is 1. The lowest BCUT2D eigenvalue weighted by Gasteiger charge is -2.32. The molecule has 0 unspecified atom stereocenters. The molecule has 1 aromatic carbocycles. The van der Waals surface area contributed by atoms with Gasteiger partial charge in [-0.15, -0.1) is 0 Å². The van der Waals surface area contributed by atoms with Gasteiger partial charge < -0.3 is 18.9 Å². The molecule has 0 aliphatic carbocycles. The zero-order valence-electron chi connectivity index (χ0n) is 13.9. The Morgan fingerprint density at radius 1 is 1.14 bits per heavy atom. The van der Waals surface area contributed by atoms with E-state index in [9.17, 15) is 0 Å². The van der Waals surface area contributed by atoms with Gasteiger partial charge in [0.05, 0.1) is 19.3 Å². The Kier molecular flexibility index (Phi) is 4.55. The molecule has 4 atom stereocenters. The SMILES string of the molecule is CO[C@@H]1C[C@H](OCc2ccc(C(C)(C)C)cc2)[C@H]2CO[C@@H]1O2. The smallest absolute Gasteiger partial charge is 0.184 e. The Labute approximate surface area is 132 Å². The molecule has 2 heterocycles. The van der Waals surface area contributed by atoms with Gasteiger partial charge in [-0.3, -0.25) is 0 Å². The molecule has 3 rings (SSSR count). The second kappa shape index (κ2) is 6.28. The van der Waals surface area contributed by atoms with Crippen molar-refractivity contribution in [2.75, 3.05) is 13.7 Å². The van der Waals surface area contributed by atoms with Crippen LogP contribution in [0.15, 0.2) is 24.3 Å². The molecule has 0 radical (unpaired) electrons. The summed E-state index contributed by atoms with van der Waals surface area (Å²) < 4.78 is 22.9. The normalized spacial score (nSPS) is 31.5. The van der Waals surface area contributed by atoms with Gasteiger partial charge in [-0.05, 0) is 16.5 Å². The van der Waals surface area contributed by atoms with Gasteiger partial charge in [-0.1, -0.05) is 45.0 Å². The first-order chi connectivity index (χ1) is 10.5. The Morgan fingerprint density at radius 2 is 1.86 bits per heavy atom. The highest BCUT2D eigenvalue weighted by Crippen LogP contribution is 2.31. The lowest BCUT2D eigenvalue weighted by Crippen LogP contribution is -2.44. The number of benzene rings is 1. The van der Waals surface area contributed by atoms with Crippen LogP contribution in [0, 0.1) is 0 Å². The molecule has 122 valence electrons. The minimum absolute atomic E-state index is 0.0326. The zero-order valence-corrected chi connectivity index (χ0v) is 13.9. The molecule has 4 heteroatoms. The van der Waals surface area contributed by atoms with E-state index in [2.05, 4.69) is 45.0 Å². The molecule has 2 saturated heterocycles. The van der Waals surface area contributed by atoms with Gasteiger partial charge in [-0.2, -0.15) is 0 Å². The highest BCUT2D eigenvalue weighted by molar-refractivity contribution is 5.27. The van der Waals surface area contributed by atoms with Gasteiger partial charge in [0.15, 0.2) is 6.29 Å². The molecular weight excluding hydrogens is 280 g/mol. The first-order valence-electron chi connectivity index (χ1n) is 7.98. The van der Waals surface area contributed by atoms with Crippen molar-refractivity contribution >= 4 is 0 Å². The van der Waals surface area contributed by atoms with Gasteiger partial charge in [0.1, 0.15) is 12.2 Å². The maximum absolute atomic E-state index is 6.07. The summed E-state index contributed by atoms with van der Waals surface area (Å²) in [6.07, 6.45) is 0.635. The lowest BCUT2D eigenvalue weighted by atomic mass is 9.87. The molecule has 2 aliphatic rings. The van der Waals surface area contributed by atoms with Crippen LogP contribution < -0.4 is 0 Å². The van der Waals surface area contributed by atoms with Crippen molar-refractivity contribution in [1.29, 1.82) is 0 Å². The first kappa shape index (κ1) is 15.9. The fourth-order valence-electron chi connectivity index (χ4n) is 3.01. The first-order valence-corrected chi connectivity index (χ1v) is 7.98. The van der Waals surface area contributed by atoms with Crippen molar-refractivity contribution in [2.24, 2.45) is 0 Å². The van der Waals surface area contributed by atoms with E-state index in [0.29, 0.717) is 13.2 Å². The quantitative estimate of drug-likeness (QED) is 0.857. The fraction of sp³-hybridized carbons (Fsp3) is 0.667. The van der Waals surface area contributed by atoms with E-state index in [-0.39, 0.29) is 30.0 Å². The summed E-state index contributed by atoms with van der Waals surface area (Å²) in [6.45, 7) is 7.85. The van der Waals surface area contributed by atoms with Crippen molar-refractivity contribution in [3.05, 3.63) is 35.4 Å². The van der Waals surface area contributed by atoms with Gasteiger partial charge in [0, 0.05) is 13.5 Å². The molecule has 2 fully saturated rings. The number of fused-ring (bicyclic) bond motifs is 2. The molecular formula is C18H26O4. The molecule has 22 heavy (non-hydrogen) atoms. The Bertz CT molecular complexity index is 491. The van der Waals surface area contributed by atoms with Crippen LogP contribution in [0.3, 0.4) is 0 Å². The predicted octanol–water partition coefficient (Wildman–Crippen LogP) is 3.03. The maximum Gasteiger partial charge on any atom is 0.184 e. The average molecular weight is 306 g/mol. The average Bonchev–Trinajstić information content (AvgIpc) is 2.91. The van der Waals surface area contributed by atoms with Crippen LogP contribution in [0.4, 0.5) is 0 Å². The van der Waals surface area contributed by atoms with Crippen LogP contribution in [0.25, 0.3) is 0 Å². The van der Waals surface area contributed by atoms with Crippen LogP contribution in [-0.4, -0.2) is 38.3 Å². The second-order valence-electron chi connectivity index (χ2n) is 7.18. The van der Waals surface area contributed by atoms with Gasteiger partial charge in [-0.25, -0.2) is 0 Å². The minimum atomic E-state index is -0.221. The third kappa shape index (κ3) is 3.35. The van der Waals surface area contributed by atoms with E-state index in [1.165, 1.54) is 11.1 Å².